The van der Waals surface area contributed by atoms with Crippen molar-refractivity contribution in [2.45, 2.75) is 72.9 Å². The van der Waals surface area contributed by atoms with Crippen LogP contribution in [0.5, 0.6) is 5.75 Å². The van der Waals surface area contributed by atoms with Gasteiger partial charge < -0.3 is 20.0 Å². The summed E-state index contributed by atoms with van der Waals surface area (Å²) < 4.78 is 7.59. The first-order valence-electron chi connectivity index (χ1n) is 11.1. The van der Waals surface area contributed by atoms with E-state index >= 15 is 0 Å². The van der Waals surface area contributed by atoms with Crippen LogP contribution in [0.15, 0.2) is 32.4 Å². The first-order valence-corrected chi connectivity index (χ1v) is 12.0. The molecule has 1 unspecified atom stereocenters. The van der Waals surface area contributed by atoms with Gasteiger partial charge in [0.1, 0.15) is 18.0 Å². The first-order chi connectivity index (χ1) is 16.0. The molecule has 0 saturated carbocycles. The maximum absolute atomic E-state index is 13.2. The van der Waals surface area contributed by atoms with Crippen molar-refractivity contribution in [2.24, 2.45) is 11.1 Å². The number of oxime groups is 1. The number of carbonyl (C=O) groups is 1. The summed E-state index contributed by atoms with van der Waals surface area (Å²) in [6.07, 6.45) is 0.154. The van der Waals surface area contributed by atoms with Gasteiger partial charge in [-0.1, -0.05) is 19.0 Å². The number of aliphatic hydroxyl groups is 1. The summed E-state index contributed by atoms with van der Waals surface area (Å²) in [7, 11) is 1.50. The van der Waals surface area contributed by atoms with Crippen LogP contribution in [-0.2, 0) is 22.7 Å². The van der Waals surface area contributed by atoms with E-state index in [1.165, 1.54) is 29.2 Å². The Morgan fingerprint density at radius 2 is 1.88 bits per heavy atom. The Bertz CT molecular complexity index is 1130. The van der Waals surface area contributed by atoms with Gasteiger partial charge in [0.05, 0.1) is 36.4 Å². The molecule has 0 bridgehead atoms. The Hall–Kier alpha value is -2.92. The van der Waals surface area contributed by atoms with Crippen molar-refractivity contribution in [3.8, 4) is 5.75 Å². The summed E-state index contributed by atoms with van der Waals surface area (Å²) in [4.78, 5) is 44.4. The highest BCUT2D eigenvalue weighted by molar-refractivity contribution is 7.10. The van der Waals surface area contributed by atoms with Gasteiger partial charge in [0.25, 0.3) is 5.56 Å². The molecule has 2 N–H and O–H groups in total. The Balaban J connectivity index is 2.52. The van der Waals surface area contributed by atoms with Crippen molar-refractivity contribution in [2.75, 3.05) is 7.11 Å². The Morgan fingerprint density at radius 1 is 1.21 bits per heavy atom. The second-order valence-corrected chi connectivity index (χ2v) is 9.61. The molecule has 1 amide bonds. The molecule has 2 heterocycles. The van der Waals surface area contributed by atoms with Gasteiger partial charge in [-0.15, -0.1) is 11.3 Å². The number of aliphatic hydroxyl groups excluding tert-OH is 1. The zero-order chi connectivity index (χ0) is 25.6. The maximum Gasteiger partial charge on any atom is 0.331 e. The molecule has 2 rings (SSSR count). The number of aromatic nitrogens is 2. The van der Waals surface area contributed by atoms with Gasteiger partial charge in [0, 0.05) is 18.2 Å². The van der Waals surface area contributed by atoms with E-state index in [-0.39, 0.29) is 36.6 Å². The summed E-state index contributed by atoms with van der Waals surface area (Å²) in [6.45, 7) is 10.3. The number of hydrogen-bond acceptors (Lipinski definition) is 8. The molecule has 188 valence electrons. The van der Waals surface area contributed by atoms with Crippen LogP contribution in [0.4, 0.5) is 0 Å². The van der Waals surface area contributed by atoms with Gasteiger partial charge in [-0.25, -0.2) is 4.79 Å². The summed E-state index contributed by atoms with van der Waals surface area (Å²) in [5.41, 5.74) is -0.702. The van der Waals surface area contributed by atoms with Gasteiger partial charge in [-0.05, 0) is 39.1 Å². The van der Waals surface area contributed by atoms with Gasteiger partial charge >= 0.3 is 5.69 Å². The Labute approximate surface area is 202 Å². The number of amides is 1. The SMILES string of the molecule is COc1ccsc1C(O)Cn1cc(/C(C)=N/OC(C)C)c(=O)n(C[C@H](C)NC(=O)C(C)C)c1=O. The fraction of sp³-hybridized carbons (Fsp3) is 0.565. The number of carbonyl (C=O) groups excluding carboxylic acids is 1. The molecule has 0 aliphatic heterocycles. The Kier molecular flexibility index (Phi) is 9.63. The molecule has 2 aromatic rings. The van der Waals surface area contributed by atoms with Crippen molar-refractivity contribution in [1.82, 2.24) is 14.5 Å². The van der Waals surface area contributed by atoms with Crippen molar-refractivity contribution >= 4 is 23.0 Å². The lowest BCUT2D eigenvalue weighted by Gasteiger charge is -2.19. The molecule has 0 spiro atoms. The van der Waals surface area contributed by atoms with Gasteiger partial charge in [-0.3, -0.25) is 18.7 Å². The van der Waals surface area contributed by atoms with E-state index in [4.69, 9.17) is 9.57 Å². The first kappa shape index (κ1) is 27.3. The van der Waals surface area contributed by atoms with Crippen LogP contribution in [0.2, 0.25) is 0 Å². The standard InChI is InChI=1S/C23H34N4O6S/c1-13(2)21(29)24-15(5)10-27-22(30)17(16(6)25-33-14(3)4)11-26(23(27)31)12-18(28)20-19(32-7)8-9-34-20/h8-9,11,13-15,18,28H,10,12H2,1-7H3,(H,24,29)/b25-16+/t15-,18?/m0/s1. The summed E-state index contributed by atoms with van der Waals surface area (Å²) in [6, 6.07) is 1.26. The molecular weight excluding hydrogens is 460 g/mol. The molecule has 10 nitrogen and oxygen atoms in total. The number of hydrogen-bond donors (Lipinski definition) is 2. The average molecular weight is 495 g/mol. The third-order valence-corrected chi connectivity index (χ3v) is 5.95. The molecule has 11 heteroatoms. The van der Waals surface area contributed by atoms with Crippen LogP contribution in [0.1, 0.15) is 58.1 Å². The number of rotatable bonds is 11. The fourth-order valence-electron chi connectivity index (χ4n) is 3.15. The van der Waals surface area contributed by atoms with Crippen molar-refractivity contribution in [3.05, 3.63) is 48.9 Å². The molecule has 2 aromatic heterocycles. The summed E-state index contributed by atoms with van der Waals surface area (Å²) >= 11 is 1.31. The molecule has 0 aliphatic rings. The second-order valence-electron chi connectivity index (χ2n) is 8.66. The molecule has 0 aliphatic carbocycles. The third kappa shape index (κ3) is 6.80. The molecule has 34 heavy (non-hydrogen) atoms. The lowest BCUT2D eigenvalue weighted by molar-refractivity contribution is -0.124. The van der Waals surface area contributed by atoms with Crippen LogP contribution in [0, 0.1) is 5.92 Å². The van der Waals surface area contributed by atoms with Crippen molar-refractivity contribution in [3.63, 3.8) is 0 Å². The molecule has 2 atom stereocenters. The lowest BCUT2D eigenvalue weighted by Crippen LogP contribution is -2.48. The average Bonchev–Trinajstić information content (AvgIpc) is 3.25. The van der Waals surface area contributed by atoms with Crippen LogP contribution in [0.25, 0.3) is 0 Å². The zero-order valence-electron chi connectivity index (χ0n) is 20.7. The minimum atomic E-state index is -1.03. The van der Waals surface area contributed by atoms with E-state index in [1.807, 2.05) is 0 Å². The van der Waals surface area contributed by atoms with Crippen molar-refractivity contribution in [1.29, 1.82) is 0 Å². The van der Waals surface area contributed by atoms with Crippen molar-refractivity contribution < 1.29 is 19.5 Å². The molecule has 0 aromatic carbocycles. The second kappa shape index (κ2) is 12.0. The smallest absolute Gasteiger partial charge is 0.331 e. The molecular formula is C23H34N4O6S. The quantitative estimate of drug-likeness (QED) is 0.364. The van der Waals surface area contributed by atoms with E-state index in [9.17, 15) is 19.5 Å². The summed E-state index contributed by atoms with van der Waals surface area (Å²) in [5.74, 6) is 0.105. The van der Waals surface area contributed by atoms with E-state index in [2.05, 4.69) is 10.5 Å². The molecule has 0 saturated heterocycles. The highest BCUT2D eigenvalue weighted by atomic mass is 32.1. The predicted molar refractivity (Wildman–Crippen MR) is 132 cm³/mol. The van der Waals surface area contributed by atoms with Crippen LogP contribution in [0.3, 0.4) is 0 Å². The number of methoxy groups -OCH3 is 1. The van der Waals surface area contributed by atoms with Crippen LogP contribution >= 0.6 is 11.3 Å². The lowest BCUT2D eigenvalue weighted by atomic mass is 10.2. The Morgan fingerprint density at radius 3 is 2.47 bits per heavy atom. The topological polar surface area (TPSA) is 124 Å². The number of nitrogens with one attached hydrogen (secondary N) is 1. The minimum Gasteiger partial charge on any atom is -0.495 e. The number of ether oxygens (including phenoxy) is 1. The van der Waals surface area contributed by atoms with E-state index < -0.39 is 23.4 Å². The monoisotopic (exact) mass is 494 g/mol. The number of nitrogens with zero attached hydrogens (tertiary/aromatic N) is 3. The number of thiophene rings is 1. The zero-order valence-corrected chi connectivity index (χ0v) is 21.5. The van der Waals surface area contributed by atoms with Gasteiger partial charge in [-0.2, -0.15) is 0 Å². The predicted octanol–water partition coefficient (Wildman–Crippen LogP) is 2.12. The van der Waals surface area contributed by atoms with Crippen LogP contribution in [-0.4, -0.2) is 45.1 Å². The van der Waals surface area contributed by atoms with Crippen LogP contribution < -0.4 is 21.3 Å². The molecule has 0 radical (unpaired) electrons. The third-order valence-electron chi connectivity index (χ3n) is 4.95. The van der Waals surface area contributed by atoms with E-state index in [0.29, 0.717) is 16.3 Å². The van der Waals surface area contributed by atoms with Gasteiger partial charge in [0.15, 0.2) is 0 Å². The summed E-state index contributed by atoms with van der Waals surface area (Å²) in [5, 5.41) is 19.4. The van der Waals surface area contributed by atoms with Gasteiger partial charge in [0.2, 0.25) is 5.91 Å². The van der Waals surface area contributed by atoms with E-state index in [1.54, 1.807) is 53.0 Å². The highest BCUT2D eigenvalue weighted by Gasteiger charge is 2.21. The highest BCUT2D eigenvalue weighted by Crippen LogP contribution is 2.31. The molecule has 0 fully saturated rings. The largest absolute Gasteiger partial charge is 0.495 e. The fourth-order valence-corrected chi connectivity index (χ4v) is 3.98. The van der Waals surface area contributed by atoms with E-state index in [0.717, 1.165) is 4.57 Å². The minimum absolute atomic E-state index is 0.0410. The normalized spacial score (nSPS) is 13.8. The maximum atomic E-state index is 13.2.